The molecule has 0 bridgehead atoms. The molecule has 1 aromatic rings. The molecule has 18 heavy (non-hydrogen) atoms. The van der Waals surface area contributed by atoms with Crippen molar-refractivity contribution in [2.75, 3.05) is 12.4 Å². The molecular formula is C14H19NO3. The summed E-state index contributed by atoms with van der Waals surface area (Å²) in [6, 6.07) is 7.21. The third-order valence-electron chi connectivity index (χ3n) is 2.57. The lowest BCUT2D eigenvalue weighted by molar-refractivity contribution is -0.139. The Morgan fingerprint density at radius 1 is 1.22 bits per heavy atom. The number of benzene rings is 1. The molecule has 0 saturated heterocycles. The zero-order chi connectivity index (χ0) is 13.4. The number of anilines is 1. The van der Waals surface area contributed by atoms with Crippen LogP contribution in [0.4, 0.5) is 5.69 Å². The number of hydrogen-bond donors (Lipinski definition) is 1. The van der Waals surface area contributed by atoms with Gasteiger partial charge in [-0.05, 0) is 24.1 Å². The first kappa shape index (κ1) is 14.2. The van der Waals surface area contributed by atoms with E-state index in [1.165, 1.54) is 7.11 Å². The minimum atomic E-state index is -0.269. The van der Waals surface area contributed by atoms with Gasteiger partial charge in [-0.15, -0.1) is 0 Å². The minimum Gasteiger partial charge on any atom is -0.469 e. The Hall–Kier alpha value is -1.84. The second-order valence-electron chi connectivity index (χ2n) is 4.10. The van der Waals surface area contributed by atoms with Crippen molar-refractivity contribution in [3.05, 3.63) is 29.8 Å². The number of esters is 1. The average molecular weight is 249 g/mol. The summed E-state index contributed by atoms with van der Waals surface area (Å²) in [6.07, 6.45) is 2.69. The normalized spacial score (nSPS) is 9.89. The standard InChI is InChI=1S/C14H19NO3/c1-3-4-5-13(16)15-12-8-6-11(7-9-12)10-14(17)18-2/h6-9H,3-5,10H2,1-2H3,(H,15,16). The van der Waals surface area contributed by atoms with E-state index in [9.17, 15) is 9.59 Å². The highest BCUT2D eigenvalue weighted by molar-refractivity contribution is 5.90. The van der Waals surface area contributed by atoms with Gasteiger partial charge in [0.1, 0.15) is 0 Å². The van der Waals surface area contributed by atoms with Crippen LogP contribution < -0.4 is 5.32 Å². The van der Waals surface area contributed by atoms with Gasteiger partial charge in [-0.25, -0.2) is 0 Å². The van der Waals surface area contributed by atoms with Crippen molar-refractivity contribution in [1.82, 2.24) is 0 Å². The number of nitrogens with one attached hydrogen (secondary N) is 1. The molecule has 0 aliphatic carbocycles. The minimum absolute atomic E-state index is 0.0255. The lowest BCUT2D eigenvalue weighted by atomic mass is 10.1. The Bertz CT molecular complexity index is 398. The molecule has 1 amide bonds. The molecule has 0 saturated carbocycles. The number of carbonyl (C=O) groups is 2. The van der Waals surface area contributed by atoms with E-state index < -0.39 is 0 Å². The van der Waals surface area contributed by atoms with Gasteiger partial charge in [-0.3, -0.25) is 9.59 Å². The number of ether oxygens (including phenoxy) is 1. The third kappa shape index (κ3) is 4.99. The van der Waals surface area contributed by atoms with Crippen LogP contribution in [0.15, 0.2) is 24.3 Å². The van der Waals surface area contributed by atoms with Crippen LogP contribution in [0.25, 0.3) is 0 Å². The highest BCUT2D eigenvalue weighted by Gasteiger charge is 2.04. The van der Waals surface area contributed by atoms with Crippen molar-refractivity contribution in [3.63, 3.8) is 0 Å². The van der Waals surface area contributed by atoms with Crippen LogP contribution in [-0.2, 0) is 20.7 Å². The van der Waals surface area contributed by atoms with Crippen molar-refractivity contribution in [2.45, 2.75) is 32.6 Å². The SMILES string of the molecule is CCCCC(=O)Nc1ccc(CC(=O)OC)cc1. The predicted molar refractivity (Wildman–Crippen MR) is 70.3 cm³/mol. The topological polar surface area (TPSA) is 55.4 Å². The molecule has 0 aliphatic rings. The van der Waals surface area contributed by atoms with Gasteiger partial charge >= 0.3 is 5.97 Å². The summed E-state index contributed by atoms with van der Waals surface area (Å²) in [7, 11) is 1.37. The van der Waals surface area contributed by atoms with Crippen molar-refractivity contribution < 1.29 is 14.3 Å². The smallest absolute Gasteiger partial charge is 0.309 e. The molecule has 0 aromatic heterocycles. The van der Waals surface area contributed by atoms with Crippen LogP contribution in [0.3, 0.4) is 0 Å². The van der Waals surface area contributed by atoms with Gasteiger partial charge in [-0.2, -0.15) is 0 Å². The summed E-state index contributed by atoms with van der Waals surface area (Å²) in [5, 5.41) is 2.82. The Labute approximate surface area is 107 Å². The molecule has 1 aromatic carbocycles. The maximum atomic E-state index is 11.5. The fraction of sp³-hybridized carbons (Fsp3) is 0.429. The van der Waals surface area contributed by atoms with Crippen LogP contribution in [0.1, 0.15) is 31.7 Å². The largest absolute Gasteiger partial charge is 0.469 e. The third-order valence-corrected chi connectivity index (χ3v) is 2.57. The predicted octanol–water partition coefficient (Wildman–Crippen LogP) is 2.53. The highest BCUT2D eigenvalue weighted by atomic mass is 16.5. The van der Waals surface area contributed by atoms with Gasteiger partial charge < -0.3 is 10.1 Å². The monoisotopic (exact) mass is 249 g/mol. The summed E-state index contributed by atoms with van der Waals surface area (Å²) < 4.78 is 4.58. The van der Waals surface area contributed by atoms with Crippen molar-refractivity contribution in [1.29, 1.82) is 0 Å². The van der Waals surface area contributed by atoms with Crippen LogP contribution >= 0.6 is 0 Å². The van der Waals surface area contributed by atoms with Crippen LogP contribution in [0.2, 0.25) is 0 Å². The number of hydrogen-bond acceptors (Lipinski definition) is 3. The molecule has 98 valence electrons. The van der Waals surface area contributed by atoms with E-state index in [2.05, 4.69) is 17.0 Å². The van der Waals surface area contributed by atoms with Gasteiger partial charge in [0.15, 0.2) is 0 Å². The van der Waals surface area contributed by atoms with Crippen molar-refractivity contribution >= 4 is 17.6 Å². The van der Waals surface area contributed by atoms with Gasteiger partial charge in [-0.1, -0.05) is 25.5 Å². The van der Waals surface area contributed by atoms with Crippen molar-refractivity contribution in [3.8, 4) is 0 Å². The summed E-state index contributed by atoms with van der Waals surface area (Å²) in [5.74, 6) is -0.243. The number of methoxy groups -OCH3 is 1. The number of rotatable bonds is 6. The van der Waals surface area contributed by atoms with Gasteiger partial charge in [0.2, 0.25) is 5.91 Å². The molecule has 0 radical (unpaired) electrons. The zero-order valence-electron chi connectivity index (χ0n) is 10.9. The maximum absolute atomic E-state index is 11.5. The van der Waals surface area contributed by atoms with Crippen LogP contribution in [-0.4, -0.2) is 19.0 Å². The van der Waals surface area contributed by atoms with E-state index in [0.29, 0.717) is 6.42 Å². The number of amides is 1. The quantitative estimate of drug-likeness (QED) is 0.788. The fourth-order valence-corrected chi connectivity index (χ4v) is 1.51. The fourth-order valence-electron chi connectivity index (χ4n) is 1.51. The molecule has 1 rings (SSSR count). The second-order valence-corrected chi connectivity index (χ2v) is 4.10. The van der Waals surface area contributed by atoms with Gasteiger partial charge in [0, 0.05) is 12.1 Å². The van der Waals surface area contributed by atoms with Crippen LogP contribution in [0.5, 0.6) is 0 Å². The zero-order valence-corrected chi connectivity index (χ0v) is 10.9. The second kappa shape index (κ2) is 7.48. The summed E-state index contributed by atoms with van der Waals surface area (Å²) in [5.41, 5.74) is 1.62. The highest BCUT2D eigenvalue weighted by Crippen LogP contribution is 2.11. The van der Waals surface area contributed by atoms with Crippen molar-refractivity contribution in [2.24, 2.45) is 0 Å². The summed E-state index contributed by atoms with van der Waals surface area (Å²) >= 11 is 0. The summed E-state index contributed by atoms with van der Waals surface area (Å²) in [4.78, 5) is 22.6. The lowest BCUT2D eigenvalue weighted by Crippen LogP contribution is -2.11. The Balaban J connectivity index is 2.49. The van der Waals surface area contributed by atoms with E-state index in [-0.39, 0.29) is 18.3 Å². The molecule has 0 unspecified atom stereocenters. The molecule has 4 heteroatoms. The molecule has 0 atom stereocenters. The Morgan fingerprint density at radius 2 is 1.89 bits per heavy atom. The van der Waals surface area contributed by atoms with E-state index >= 15 is 0 Å². The lowest BCUT2D eigenvalue weighted by Gasteiger charge is -2.06. The van der Waals surface area contributed by atoms with E-state index in [1.807, 2.05) is 12.1 Å². The van der Waals surface area contributed by atoms with E-state index in [0.717, 1.165) is 24.1 Å². The molecule has 4 nitrogen and oxygen atoms in total. The molecular weight excluding hydrogens is 230 g/mol. The first-order valence-electron chi connectivity index (χ1n) is 6.11. The maximum Gasteiger partial charge on any atom is 0.309 e. The van der Waals surface area contributed by atoms with E-state index in [1.54, 1.807) is 12.1 Å². The Kier molecular flexibility index (Phi) is 5.91. The summed E-state index contributed by atoms with van der Waals surface area (Å²) in [6.45, 7) is 2.05. The number of carbonyl (C=O) groups excluding carboxylic acids is 2. The molecule has 0 spiro atoms. The average Bonchev–Trinajstić information content (AvgIpc) is 2.38. The molecule has 0 heterocycles. The van der Waals surface area contributed by atoms with E-state index in [4.69, 9.17) is 0 Å². The van der Waals surface area contributed by atoms with Gasteiger partial charge in [0.05, 0.1) is 13.5 Å². The molecule has 0 aliphatic heterocycles. The van der Waals surface area contributed by atoms with Crippen LogP contribution in [0, 0.1) is 0 Å². The first-order valence-corrected chi connectivity index (χ1v) is 6.11. The number of unbranched alkanes of at least 4 members (excludes halogenated alkanes) is 1. The first-order chi connectivity index (χ1) is 8.65. The molecule has 0 fully saturated rings. The van der Waals surface area contributed by atoms with Gasteiger partial charge in [0.25, 0.3) is 0 Å². The molecule has 1 N–H and O–H groups in total. The Morgan fingerprint density at radius 3 is 2.44 bits per heavy atom.